The molecule has 0 saturated heterocycles. The van der Waals surface area contributed by atoms with Gasteiger partial charge in [-0.1, -0.05) is 24.8 Å². The van der Waals surface area contributed by atoms with Crippen LogP contribution in [-0.2, 0) is 11.8 Å². The van der Waals surface area contributed by atoms with E-state index >= 15 is 0 Å². The number of carbonyl (C=O) groups is 1. The molecular weight excluding hydrogens is 354 g/mol. The summed E-state index contributed by atoms with van der Waals surface area (Å²) >= 11 is 0. The van der Waals surface area contributed by atoms with Crippen molar-refractivity contribution >= 4 is 22.7 Å². The number of nitriles is 1. The number of nitrogens with one attached hydrogen (secondary N) is 1. The van der Waals surface area contributed by atoms with E-state index in [-0.39, 0.29) is 6.10 Å². The second-order valence-corrected chi connectivity index (χ2v) is 6.33. The van der Waals surface area contributed by atoms with Crippen molar-refractivity contribution in [2.45, 2.75) is 13.0 Å². The van der Waals surface area contributed by atoms with Crippen molar-refractivity contribution in [3.63, 3.8) is 0 Å². The molecule has 28 heavy (non-hydrogen) atoms. The molecule has 0 aliphatic heterocycles. The zero-order chi connectivity index (χ0) is 20.3. The van der Waals surface area contributed by atoms with Crippen LogP contribution in [0.1, 0.15) is 12.5 Å². The molecule has 2 aromatic carbocycles. The van der Waals surface area contributed by atoms with Gasteiger partial charge in [0.1, 0.15) is 17.9 Å². The van der Waals surface area contributed by atoms with Gasteiger partial charge >= 0.3 is 6.09 Å². The summed E-state index contributed by atoms with van der Waals surface area (Å²) in [6, 6.07) is 15.2. The van der Waals surface area contributed by atoms with Gasteiger partial charge < -0.3 is 14.0 Å². The molecule has 0 spiro atoms. The Balaban J connectivity index is 1.95. The number of hydrogen-bond acceptors (Lipinski definition) is 4. The molecule has 0 fully saturated rings. The van der Waals surface area contributed by atoms with Crippen LogP contribution >= 0.6 is 0 Å². The van der Waals surface area contributed by atoms with Crippen molar-refractivity contribution in [1.29, 1.82) is 5.26 Å². The minimum Gasteiger partial charge on any atom is -0.497 e. The van der Waals surface area contributed by atoms with Crippen molar-refractivity contribution in [1.82, 2.24) is 4.57 Å². The van der Waals surface area contributed by atoms with Crippen molar-refractivity contribution in [2.75, 3.05) is 12.4 Å². The summed E-state index contributed by atoms with van der Waals surface area (Å²) in [7, 11) is 3.53. The molecule has 1 atom stereocenters. The lowest BCUT2D eigenvalue weighted by molar-refractivity contribution is 0.142. The van der Waals surface area contributed by atoms with Gasteiger partial charge in [-0.25, -0.2) is 4.79 Å². The topological polar surface area (TPSA) is 76.3 Å². The van der Waals surface area contributed by atoms with E-state index in [2.05, 4.69) is 18.0 Å². The van der Waals surface area contributed by atoms with Gasteiger partial charge in [-0.15, -0.1) is 0 Å². The second-order valence-electron chi connectivity index (χ2n) is 6.33. The number of aromatic nitrogens is 1. The smallest absolute Gasteiger partial charge is 0.412 e. The highest BCUT2D eigenvalue weighted by molar-refractivity contribution is 5.95. The third-order valence-corrected chi connectivity index (χ3v) is 4.55. The molecule has 0 saturated carbocycles. The maximum atomic E-state index is 11.8. The van der Waals surface area contributed by atoms with E-state index < -0.39 is 6.09 Å². The summed E-state index contributed by atoms with van der Waals surface area (Å²) in [4.78, 5) is 11.8. The Morgan fingerprint density at radius 2 is 2.00 bits per heavy atom. The van der Waals surface area contributed by atoms with Crippen molar-refractivity contribution in [3.8, 4) is 23.1 Å². The average Bonchev–Trinajstić information content (AvgIpc) is 2.99. The van der Waals surface area contributed by atoms with E-state index in [9.17, 15) is 10.1 Å². The molecule has 1 amide bonds. The highest BCUT2D eigenvalue weighted by atomic mass is 16.6. The molecule has 3 rings (SSSR count). The number of aryl methyl sites for hydroxylation is 1. The van der Waals surface area contributed by atoms with Gasteiger partial charge in [-0.2, -0.15) is 5.26 Å². The zero-order valence-corrected chi connectivity index (χ0v) is 16.0. The zero-order valence-electron chi connectivity index (χ0n) is 16.0. The van der Waals surface area contributed by atoms with Crippen LogP contribution in [0.4, 0.5) is 10.5 Å². The summed E-state index contributed by atoms with van der Waals surface area (Å²) in [5, 5.41) is 13.3. The molecule has 1 aromatic heterocycles. The maximum absolute atomic E-state index is 11.8. The van der Waals surface area contributed by atoms with Gasteiger partial charge in [0.2, 0.25) is 0 Å². The first-order valence-corrected chi connectivity index (χ1v) is 8.75. The number of anilines is 1. The fourth-order valence-electron chi connectivity index (χ4n) is 3.07. The predicted molar refractivity (Wildman–Crippen MR) is 109 cm³/mol. The SMILES string of the molecule is C=CC(C)OC(=O)Nc1ccc(-c2c(C#N)c3ccc(OC)cc3n2C)cc1. The first-order valence-electron chi connectivity index (χ1n) is 8.75. The standard InChI is InChI=1S/C22H21N3O3/c1-5-14(2)28-22(26)24-16-8-6-15(7-9-16)21-19(13-23)18-11-10-17(27-4)12-20(18)25(21)3/h5-12,14H,1H2,2-4H3,(H,24,26). The molecule has 142 valence electrons. The van der Waals surface area contributed by atoms with Crippen LogP contribution in [-0.4, -0.2) is 23.9 Å². The van der Waals surface area contributed by atoms with Crippen LogP contribution in [0.3, 0.4) is 0 Å². The first kappa shape index (κ1) is 19.1. The molecule has 0 aliphatic rings. The molecule has 6 heteroatoms. The van der Waals surface area contributed by atoms with Gasteiger partial charge in [-0.3, -0.25) is 5.32 Å². The molecule has 1 N–H and O–H groups in total. The first-order chi connectivity index (χ1) is 13.5. The molecule has 0 aliphatic carbocycles. The van der Waals surface area contributed by atoms with Gasteiger partial charge in [0.15, 0.2) is 0 Å². The fraction of sp³-hybridized carbons (Fsp3) is 0.182. The fourth-order valence-corrected chi connectivity index (χ4v) is 3.07. The van der Waals surface area contributed by atoms with Gasteiger partial charge in [0.05, 0.1) is 23.9 Å². The number of nitrogens with zero attached hydrogens (tertiary/aromatic N) is 2. The summed E-state index contributed by atoms with van der Waals surface area (Å²) in [5.41, 5.74) is 3.78. The van der Waals surface area contributed by atoms with E-state index in [1.165, 1.54) is 0 Å². The highest BCUT2D eigenvalue weighted by Crippen LogP contribution is 2.34. The summed E-state index contributed by atoms with van der Waals surface area (Å²) in [6.07, 6.45) is 0.626. The molecule has 1 unspecified atom stereocenters. The van der Waals surface area contributed by atoms with Crippen LogP contribution in [0.15, 0.2) is 55.1 Å². The monoisotopic (exact) mass is 375 g/mol. The Morgan fingerprint density at radius 3 is 2.61 bits per heavy atom. The third-order valence-electron chi connectivity index (χ3n) is 4.55. The number of fused-ring (bicyclic) bond motifs is 1. The van der Waals surface area contributed by atoms with E-state index in [4.69, 9.17) is 9.47 Å². The van der Waals surface area contributed by atoms with Crippen molar-refractivity contribution in [3.05, 3.63) is 60.7 Å². The lowest BCUT2D eigenvalue weighted by Crippen LogP contribution is -2.18. The number of amides is 1. The largest absolute Gasteiger partial charge is 0.497 e. The lowest BCUT2D eigenvalue weighted by atomic mass is 10.1. The lowest BCUT2D eigenvalue weighted by Gasteiger charge is -2.11. The van der Waals surface area contributed by atoms with Crippen LogP contribution in [0.25, 0.3) is 22.2 Å². The number of hydrogen-bond donors (Lipinski definition) is 1. The number of methoxy groups -OCH3 is 1. The Kier molecular flexibility index (Phi) is 5.37. The quantitative estimate of drug-likeness (QED) is 0.647. The normalized spacial score (nSPS) is 11.5. The average molecular weight is 375 g/mol. The second kappa shape index (κ2) is 7.89. The Morgan fingerprint density at radius 1 is 1.29 bits per heavy atom. The number of rotatable bonds is 5. The molecule has 1 heterocycles. The summed E-state index contributed by atoms with van der Waals surface area (Å²) in [5.74, 6) is 0.732. The molecule has 6 nitrogen and oxygen atoms in total. The maximum Gasteiger partial charge on any atom is 0.412 e. The van der Waals surface area contributed by atoms with Gasteiger partial charge in [0, 0.05) is 24.2 Å². The minimum atomic E-state index is -0.547. The van der Waals surface area contributed by atoms with Crippen LogP contribution < -0.4 is 10.1 Å². The van der Waals surface area contributed by atoms with Gasteiger partial charge in [0.25, 0.3) is 0 Å². The van der Waals surface area contributed by atoms with Crippen molar-refractivity contribution in [2.24, 2.45) is 7.05 Å². The Hall–Kier alpha value is -3.72. The molecule has 0 bridgehead atoms. The number of benzene rings is 2. The molecular formula is C22H21N3O3. The Bertz CT molecular complexity index is 1080. The van der Waals surface area contributed by atoms with Crippen LogP contribution in [0.5, 0.6) is 5.75 Å². The molecule has 0 radical (unpaired) electrons. The summed E-state index contributed by atoms with van der Waals surface area (Å²) in [6.45, 7) is 5.31. The van der Waals surface area contributed by atoms with E-state index in [0.717, 1.165) is 27.9 Å². The highest BCUT2D eigenvalue weighted by Gasteiger charge is 2.17. The molecule has 3 aromatic rings. The Labute approximate surface area is 163 Å². The number of carbonyl (C=O) groups excluding carboxylic acids is 1. The van der Waals surface area contributed by atoms with Crippen LogP contribution in [0.2, 0.25) is 0 Å². The van der Waals surface area contributed by atoms with E-state index in [1.807, 2.05) is 41.9 Å². The predicted octanol–water partition coefficient (Wildman–Crippen LogP) is 4.85. The third kappa shape index (κ3) is 3.55. The minimum absolute atomic E-state index is 0.370. The number of ether oxygens (including phenoxy) is 2. The summed E-state index contributed by atoms with van der Waals surface area (Å²) < 4.78 is 12.4. The van der Waals surface area contributed by atoms with E-state index in [1.54, 1.807) is 32.2 Å². The van der Waals surface area contributed by atoms with Crippen molar-refractivity contribution < 1.29 is 14.3 Å². The van der Waals surface area contributed by atoms with E-state index in [0.29, 0.717) is 11.3 Å². The van der Waals surface area contributed by atoms with Gasteiger partial charge in [-0.05, 0) is 36.8 Å². The van der Waals surface area contributed by atoms with Crippen LogP contribution in [0, 0.1) is 11.3 Å².